The van der Waals surface area contributed by atoms with Gasteiger partial charge in [-0.3, -0.25) is 9.69 Å². The first kappa shape index (κ1) is 13.0. The number of halogens is 1. The van der Waals surface area contributed by atoms with Crippen LogP contribution in [0.15, 0.2) is 18.2 Å². The molecule has 1 aromatic rings. The Morgan fingerprint density at radius 2 is 2.28 bits per heavy atom. The number of rotatable bonds is 3. The summed E-state index contributed by atoms with van der Waals surface area (Å²) in [4.78, 5) is 13.3. The zero-order valence-electron chi connectivity index (χ0n) is 10.7. The first-order valence-corrected chi connectivity index (χ1v) is 6.17. The number of nitrogens with zero attached hydrogens (tertiary/aromatic N) is 1. The number of benzene rings is 1. The molecular weight excluding hydrogens is 233 g/mol. The van der Waals surface area contributed by atoms with Gasteiger partial charge in [0.25, 0.3) is 0 Å². The van der Waals surface area contributed by atoms with Crippen molar-refractivity contribution in [1.82, 2.24) is 4.90 Å². The van der Waals surface area contributed by atoms with Gasteiger partial charge in [0, 0.05) is 6.54 Å². The number of likely N-dealkylation sites (tertiary alicyclic amines) is 1. The van der Waals surface area contributed by atoms with E-state index in [0.29, 0.717) is 13.0 Å². The summed E-state index contributed by atoms with van der Waals surface area (Å²) in [5, 5.41) is 9.33. The van der Waals surface area contributed by atoms with Crippen LogP contribution in [0.25, 0.3) is 0 Å². The second-order valence-electron chi connectivity index (χ2n) is 5.17. The number of carboxylic acid groups (broad SMARTS) is 1. The monoisotopic (exact) mass is 251 g/mol. The molecule has 1 unspecified atom stereocenters. The minimum absolute atomic E-state index is 0.251. The van der Waals surface area contributed by atoms with Gasteiger partial charge < -0.3 is 5.11 Å². The number of hydrogen-bond acceptors (Lipinski definition) is 2. The van der Waals surface area contributed by atoms with Crippen molar-refractivity contribution in [1.29, 1.82) is 0 Å². The predicted molar refractivity (Wildman–Crippen MR) is 66.8 cm³/mol. The van der Waals surface area contributed by atoms with Crippen molar-refractivity contribution in [2.75, 3.05) is 6.54 Å². The third-order valence-electron chi connectivity index (χ3n) is 3.92. The van der Waals surface area contributed by atoms with Gasteiger partial charge in [-0.1, -0.05) is 6.07 Å². The van der Waals surface area contributed by atoms with Crippen LogP contribution in [0.5, 0.6) is 0 Å². The number of carbonyl (C=O) groups is 1. The maximum absolute atomic E-state index is 13.0. The second-order valence-corrected chi connectivity index (χ2v) is 5.17. The number of hydrogen-bond donors (Lipinski definition) is 1. The summed E-state index contributed by atoms with van der Waals surface area (Å²) < 4.78 is 13.0. The second kappa shape index (κ2) is 4.69. The molecule has 0 amide bonds. The van der Waals surface area contributed by atoms with E-state index >= 15 is 0 Å². The molecular formula is C14H18FNO2. The molecule has 1 N–H and O–H groups in total. The summed E-state index contributed by atoms with van der Waals surface area (Å²) in [6, 6.07) is 4.66. The van der Waals surface area contributed by atoms with Gasteiger partial charge in [-0.2, -0.15) is 0 Å². The Morgan fingerprint density at radius 3 is 2.89 bits per heavy atom. The Morgan fingerprint density at radius 1 is 1.56 bits per heavy atom. The molecule has 4 heteroatoms. The topological polar surface area (TPSA) is 40.5 Å². The van der Waals surface area contributed by atoms with E-state index < -0.39 is 11.5 Å². The molecule has 1 fully saturated rings. The van der Waals surface area contributed by atoms with Gasteiger partial charge in [-0.25, -0.2) is 4.39 Å². The van der Waals surface area contributed by atoms with Crippen LogP contribution >= 0.6 is 0 Å². The van der Waals surface area contributed by atoms with Crippen LogP contribution in [0.3, 0.4) is 0 Å². The van der Waals surface area contributed by atoms with E-state index in [0.717, 1.165) is 24.1 Å². The van der Waals surface area contributed by atoms with E-state index in [1.165, 1.54) is 12.1 Å². The van der Waals surface area contributed by atoms with Crippen LogP contribution in [-0.4, -0.2) is 28.1 Å². The molecule has 1 atom stereocenters. The summed E-state index contributed by atoms with van der Waals surface area (Å²) in [7, 11) is 0. The van der Waals surface area contributed by atoms with Crippen LogP contribution in [0.2, 0.25) is 0 Å². The van der Waals surface area contributed by atoms with E-state index in [1.54, 1.807) is 13.0 Å². The third kappa shape index (κ3) is 2.25. The van der Waals surface area contributed by atoms with Crippen molar-refractivity contribution in [3.05, 3.63) is 35.1 Å². The van der Waals surface area contributed by atoms with Crippen molar-refractivity contribution in [2.45, 2.75) is 38.8 Å². The molecule has 0 bridgehead atoms. The maximum Gasteiger partial charge on any atom is 0.323 e. The van der Waals surface area contributed by atoms with Gasteiger partial charge in [-0.05, 0) is 56.5 Å². The van der Waals surface area contributed by atoms with Gasteiger partial charge in [0.15, 0.2) is 0 Å². The molecule has 2 rings (SSSR count). The van der Waals surface area contributed by atoms with Gasteiger partial charge in [-0.15, -0.1) is 0 Å². The highest BCUT2D eigenvalue weighted by Gasteiger charge is 2.43. The molecule has 1 aliphatic heterocycles. The summed E-state index contributed by atoms with van der Waals surface area (Å²) >= 11 is 0. The van der Waals surface area contributed by atoms with Crippen LogP contribution < -0.4 is 0 Å². The smallest absolute Gasteiger partial charge is 0.323 e. The summed E-state index contributed by atoms with van der Waals surface area (Å²) in [5.74, 6) is -1.03. The lowest BCUT2D eigenvalue weighted by molar-refractivity contribution is -0.148. The van der Waals surface area contributed by atoms with Crippen molar-refractivity contribution >= 4 is 5.97 Å². The lowest BCUT2D eigenvalue weighted by Gasteiger charge is -2.31. The molecule has 1 aliphatic rings. The Labute approximate surface area is 106 Å². The minimum atomic E-state index is -0.791. The normalized spacial score (nSPS) is 24.4. The maximum atomic E-state index is 13.0. The highest BCUT2D eigenvalue weighted by Crippen LogP contribution is 2.31. The summed E-state index contributed by atoms with van der Waals surface area (Å²) in [6.45, 7) is 4.96. The fourth-order valence-electron chi connectivity index (χ4n) is 2.56. The fourth-order valence-corrected chi connectivity index (χ4v) is 2.56. The Bertz CT molecular complexity index is 475. The van der Waals surface area contributed by atoms with E-state index in [2.05, 4.69) is 0 Å². The molecule has 0 aliphatic carbocycles. The third-order valence-corrected chi connectivity index (χ3v) is 3.92. The van der Waals surface area contributed by atoms with E-state index in [4.69, 9.17) is 0 Å². The standard InChI is InChI=1S/C14H18FNO2/c1-10-8-12(15)5-4-11(10)9-16-7-3-6-14(16,2)13(17)18/h4-5,8H,3,6-7,9H2,1-2H3,(H,17,18). The first-order chi connectivity index (χ1) is 8.43. The molecule has 0 saturated carbocycles. The average molecular weight is 251 g/mol. The summed E-state index contributed by atoms with van der Waals surface area (Å²) in [6.07, 6.45) is 1.56. The number of aryl methyl sites for hydroxylation is 1. The lowest BCUT2D eigenvalue weighted by Crippen LogP contribution is -2.47. The van der Waals surface area contributed by atoms with Gasteiger partial charge in [0.1, 0.15) is 11.4 Å². The molecule has 0 spiro atoms. The largest absolute Gasteiger partial charge is 0.480 e. The number of aliphatic carboxylic acids is 1. The van der Waals surface area contributed by atoms with Crippen molar-refractivity contribution < 1.29 is 14.3 Å². The molecule has 0 radical (unpaired) electrons. The molecule has 1 heterocycles. The average Bonchev–Trinajstić information content (AvgIpc) is 2.66. The van der Waals surface area contributed by atoms with Crippen LogP contribution in [0, 0.1) is 12.7 Å². The van der Waals surface area contributed by atoms with E-state index in [1.807, 2.05) is 11.8 Å². The van der Waals surface area contributed by atoms with Crippen LogP contribution in [0.4, 0.5) is 4.39 Å². The molecule has 0 aromatic heterocycles. The van der Waals surface area contributed by atoms with Gasteiger partial charge in [0.05, 0.1) is 0 Å². The van der Waals surface area contributed by atoms with Crippen LogP contribution in [0.1, 0.15) is 30.9 Å². The Balaban J connectivity index is 2.21. The SMILES string of the molecule is Cc1cc(F)ccc1CN1CCCC1(C)C(=O)O. The molecule has 1 saturated heterocycles. The van der Waals surface area contributed by atoms with Crippen molar-refractivity contribution in [3.63, 3.8) is 0 Å². The Hall–Kier alpha value is -1.42. The predicted octanol–water partition coefficient (Wildman–Crippen LogP) is 2.57. The summed E-state index contributed by atoms with van der Waals surface area (Å²) in [5.41, 5.74) is 1.07. The highest BCUT2D eigenvalue weighted by atomic mass is 19.1. The lowest BCUT2D eigenvalue weighted by atomic mass is 9.98. The molecule has 18 heavy (non-hydrogen) atoms. The first-order valence-electron chi connectivity index (χ1n) is 6.17. The molecule has 3 nitrogen and oxygen atoms in total. The molecule has 98 valence electrons. The minimum Gasteiger partial charge on any atom is -0.480 e. The fraction of sp³-hybridized carbons (Fsp3) is 0.500. The van der Waals surface area contributed by atoms with E-state index in [9.17, 15) is 14.3 Å². The van der Waals surface area contributed by atoms with Gasteiger partial charge in [0.2, 0.25) is 0 Å². The highest BCUT2D eigenvalue weighted by molar-refractivity contribution is 5.78. The van der Waals surface area contributed by atoms with Crippen LogP contribution in [-0.2, 0) is 11.3 Å². The quantitative estimate of drug-likeness (QED) is 0.897. The van der Waals surface area contributed by atoms with Gasteiger partial charge >= 0.3 is 5.97 Å². The zero-order valence-corrected chi connectivity index (χ0v) is 10.7. The number of carboxylic acids is 1. The van der Waals surface area contributed by atoms with E-state index in [-0.39, 0.29) is 5.82 Å². The van der Waals surface area contributed by atoms with Crippen molar-refractivity contribution in [3.8, 4) is 0 Å². The van der Waals surface area contributed by atoms with Crippen molar-refractivity contribution in [2.24, 2.45) is 0 Å². The zero-order chi connectivity index (χ0) is 13.3. The molecule has 1 aromatic carbocycles. The Kier molecular flexibility index (Phi) is 3.39.